The van der Waals surface area contributed by atoms with Gasteiger partial charge < -0.3 is 4.74 Å². The minimum absolute atomic E-state index is 0.248. The summed E-state index contributed by atoms with van der Waals surface area (Å²) in [6.45, 7) is 0. The van der Waals surface area contributed by atoms with Crippen LogP contribution < -0.4 is 4.74 Å². The third-order valence-electron chi connectivity index (χ3n) is 2.55. The van der Waals surface area contributed by atoms with E-state index in [1.165, 1.54) is 12.1 Å². The molecule has 0 saturated heterocycles. The fourth-order valence-electron chi connectivity index (χ4n) is 1.75. The molecule has 0 amide bonds. The van der Waals surface area contributed by atoms with E-state index in [-0.39, 0.29) is 5.56 Å². The Morgan fingerprint density at radius 3 is 2.33 bits per heavy atom. The first-order valence-electron chi connectivity index (χ1n) is 5.61. The standard InChI is InChI=1S/C15H7Cl2F3O/c1-2-9-5-10(7-12(6-9)21-15(18,19)20)13-4-3-11(16)8-14(13)17/h1,3-8H. The lowest BCUT2D eigenvalue weighted by atomic mass is 10.0. The zero-order valence-corrected chi connectivity index (χ0v) is 11.9. The number of terminal acetylenes is 1. The van der Waals surface area contributed by atoms with Gasteiger partial charge in [-0.2, -0.15) is 0 Å². The molecule has 0 bridgehead atoms. The summed E-state index contributed by atoms with van der Waals surface area (Å²) >= 11 is 11.8. The van der Waals surface area contributed by atoms with E-state index in [0.717, 1.165) is 6.07 Å². The zero-order valence-electron chi connectivity index (χ0n) is 10.3. The molecule has 2 aromatic carbocycles. The first kappa shape index (κ1) is 15.6. The third kappa shape index (κ3) is 4.07. The molecule has 0 aliphatic rings. The van der Waals surface area contributed by atoms with Gasteiger partial charge >= 0.3 is 6.36 Å². The lowest BCUT2D eigenvalue weighted by Crippen LogP contribution is -2.17. The van der Waals surface area contributed by atoms with Crippen LogP contribution in [-0.2, 0) is 0 Å². The Balaban J connectivity index is 2.53. The topological polar surface area (TPSA) is 9.23 Å². The van der Waals surface area contributed by atoms with Gasteiger partial charge in [-0.05, 0) is 35.9 Å². The van der Waals surface area contributed by atoms with Gasteiger partial charge in [0.1, 0.15) is 5.75 Å². The molecular weight excluding hydrogens is 324 g/mol. The van der Waals surface area contributed by atoms with E-state index in [9.17, 15) is 13.2 Å². The average molecular weight is 331 g/mol. The molecule has 6 heteroatoms. The molecule has 0 saturated carbocycles. The monoisotopic (exact) mass is 330 g/mol. The van der Waals surface area contributed by atoms with Gasteiger partial charge in [0.05, 0.1) is 0 Å². The maximum Gasteiger partial charge on any atom is 0.573 e. The molecule has 0 N–H and O–H groups in total. The molecule has 0 aliphatic carbocycles. The van der Waals surface area contributed by atoms with Crippen LogP contribution in [0.25, 0.3) is 11.1 Å². The molecular formula is C15H7Cl2F3O. The van der Waals surface area contributed by atoms with Gasteiger partial charge in [-0.25, -0.2) is 0 Å². The van der Waals surface area contributed by atoms with Crippen LogP contribution in [0, 0.1) is 12.3 Å². The average Bonchev–Trinajstić information content (AvgIpc) is 2.36. The molecule has 0 aromatic heterocycles. The summed E-state index contributed by atoms with van der Waals surface area (Å²) in [6, 6.07) is 8.54. The number of hydrogen-bond acceptors (Lipinski definition) is 1. The summed E-state index contributed by atoms with van der Waals surface area (Å²) in [4.78, 5) is 0. The normalized spacial score (nSPS) is 11.0. The highest BCUT2D eigenvalue weighted by atomic mass is 35.5. The molecule has 0 fully saturated rings. The molecule has 2 rings (SSSR count). The first-order chi connectivity index (χ1) is 9.78. The summed E-state index contributed by atoms with van der Waals surface area (Å²) in [5, 5.41) is 0.721. The van der Waals surface area contributed by atoms with Crippen molar-refractivity contribution < 1.29 is 17.9 Å². The number of rotatable bonds is 2. The number of halogens is 5. The summed E-state index contributed by atoms with van der Waals surface area (Å²) < 4.78 is 40.9. The quantitative estimate of drug-likeness (QED) is 0.657. The smallest absolute Gasteiger partial charge is 0.406 e. The van der Waals surface area contributed by atoms with Crippen molar-refractivity contribution in [3.8, 4) is 29.2 Å². The highest BCUT2D eigenvalue weighted by Crippen LogP contribution is 2.34. The van der Waals surface area contributed by atoms with E-state index in [2.05, 4.69) is 10.7 Å². The van der Waals surface area contributed by atoms with Gasteiger partial charge in [0.25, 0.3) is 0 Å². The second-order valence-corrected chi connectivity index (χ2v) is 4.91. The second kappa shape index (κ2) is 5.88. The van der Waals surface area contributed by atoms with E-state index in [4.69, 9.17) is 29.6 Å². The van der Waals surface area contributed by atoms with Gasteiger partial charge in [0.2, 0.25) is 0 Å². The number of ether oxygens (including phenoxy) is 1. The third-order valence-corrected chi connectivity index (χ3v) is 3.10. The summed E-state index contributed by atoms with van der Waals surface area (Å²) in [7, 11) is 0. The van der Waals surface area contributed by atoms with Crippen molar-refractivity contribution in [2.75, 3.05) is 0 Å². The molecule has 0 heterocycles. The van der Waals surface area contributed by atoms with Crippen molar-refractivity contribution >= 4 is 23.2 Å². The number of benzene rings is 2. The zero-order chi connectivity index (χ0) is 15.6. The van der Waals surface area contributed by atoms with Crippen LogP contribution >= 0.6 is 23.2 Å². The lowest BCUT2D eigenvalue weighted by Gasteiger charge is -2.12. The van der Waals surface area contributed by atoms with E-state index in [1.807, 2.05) is 0 Å². The summed E-state index contributed by atoms with van der Waals surface area (Å²) in [5.41, 5.74) is 1.16. The second-order valence-electron chi connectivity index (χ2n) is 4.06. The van der Waals surface area contributed by atoms with Gasteiger partial charge in [-0.3, -0.25) is 0 Å². The van der Waals surface area contributed by atoms with Crippen molar-refractivity contribution in [1.29, 1.82) is 0 Å². The van der Waals surface area contributed by atoms with Crippen LogP contribution in [0.1, 0.15) is 5.56 Å². The van der Waals surface area contributed by atoms with E-state index >= 15 is 0 Å². The predicted octanol–water partition coefficient (Wildman–Crippen LogP) is 5.54. The van der Waals surface area contributed by atoms with Crippen LogP contribution in [-0.4, -0.2) is 6.36 Å². The minimum atomic E-state index is -4.80. The van der Waals surface area contributed by atoms with E-state index < -0.39 is 12.1 Å². The minimum Gasteiger partial charge on any atom is -0.406 e. The Bertz CT molecular complexity index is 718. The van der Waals surface area contributed by atoms with E-state index in [0.29, 0.717) is 21.2 Å². The fourth-order valence-corrected chi connectivity index (χ4v) is 2.27. The van der Waals surface area contributed by atoms with Crippen molar-refractivity contribution in [2.24, 2.45) is 0 Å². The number of hydrogen-bond donors (Lipinski definition) is 0. The van der Waals surface area contributed by atoms with Crippen molar-refractivity contribution in [1.82, 2.24) is 0 Å². The first-order valence-corrected chi connectivity index (χ1v) is 6.37. The summed E-state index contributed by atoms with van der Waals surface area (Å²) in [6.07, 6.45) is 0.453. The Morgan fingerprint density at radius 2 is 1.76 bits per heavy atom. The molecule has 1 nitrogen and oxygen atoms in total. The largest absolute Gasteiger partial charge is 0.573 e. The maximum absolute atomic E-state index is 12.3. The van der Waals surface area contributed by atoms with Crippen molar-refractivity contribution in [2.45, 2.75) is 6.36 Å². The molecule has 0 radical (unpaired) electrons. The van der Waals surface area contributed by atoms with Crippen LogP contribution in [0.2, 0.25) is 10.0 Å². The molecule has 2 aromatic rings. The van der Waals surface area contributed by atoms with Gasteiger partial charge in [0.15, 0.2) is 0 Å². The molecule has 0 unspecified atom stereocenters. The molecule has 21 heavy (non-hydrogen) atoms. The molecule has 0 spiro atoms. The highest BCUT2D eigenvalue weighted by Gasteiger charge is 2.31. The van der Waals surface area contributed by atoms with Crippen LogP contribution in [0.15, 0.2) is 36.4 Å². The van der Waals surface area contributed by atoms with Gasteiger partial charge in [-0.15, -0.1) is 19.6 Å². The highest BCUT2D eigenvalue weighted by molar-refractivity contribution is 6.36. The Kier molecular flexibility index (Phi) is 4.36. The molecule has 0 atom stereocenters. The van der Waals surface area contributed by atoms with Gasteiger partial charge in [0, 0.05) is 21.2 Å². The molecule has 0 aliphatic heterocycles. The Labute approximate surface area is 129 Å². The molecule has 108 valence electrons. The van der Waals surface area contributed by atoms with E-state index in [1.54, 1.807) is 18.2 Å². The Morgan fingerprint density at radius 1 is 1.05 bits per heavy atom. The van der Waals surface area contributed by atoms with Gasteiger partial charge in [-0.1, -0.05) is 35.2 Å². The number of alkyl halides is 3. The van der Waals surface area contributed by atoms with Crippen LogP contribution in [0.4, 0.5) is 13.2 Å². The van der Waals surface area contributed by atoms with Crippen LogP contribution in [0.5, 0.6) is 5.75 Å². The Hall–Kier alpha value is -1.83. The predicted molar refractivity (Wildman–Crippen MR) is 76.5 cm³/mol. The van der Waals surface area contributed by atoms with Crippen molar-refractivity contribution in [3.63, 3.8) is 0 Å². The fraction of sp³-hybridized carbons (Fsp3) is 0.0667. The van der Waals surface area contributed by atoms with Crippen molar-refractivity contribution in [3.05, 3.63) is 52.0 Å². The lowest BCUT2D eigenvalue weighted by molar-refractivity contribution is -0.274. The SMILES string of the molecule is C#Cc1cc(OC(F)(F)F)cc(-c2ccc(Cl)cc2Cl)c1. The summed E-state index contributed by atoms with van der Waals surface area (Å²) in [5.74, 6) is 1.87. The van der Waals surface area contributed by atoms with Crippen LogP contribution in [0.3, 0.4) is 0 Å². The maximum atomic E-state index is 12.3.